The second-order valence-corrected chi connectivity index (χ2v) is 6.74. The second kappa shape index (κ2) is 6.79. The predicted molar refractivity (Wildman–Crippen MR) is 85.7 cm³/mol. The molecule has 1 N–H and O–H groups in total. The first kappa shape index (κ1) is 15.6. The minimum atomic E-state index is 0.101. The molecule has 0 radical (unpaired) electrons. The zero-order valence-electron chi connectivity index (χ0n) is 12.7. The van der Waals surface area contributed by atoms with E-state index in [4.69, 9.17) is 16.3 Å². The van der Waals surface area contributed by atoms with Gasteiger partial charge in [0.15, 0.2) is 0 Å². The molecule has 2 rings (SSSR count). The molecule has 1 aromatic carbocycles. The maximum Gasteiger partial charge on any atom is 0.0641 e. The molecule has 0 aromatic heterocycles. The van der Waals surface area contributed by atoms with Crippen molar-refractivity contribution in [3.63, 3.8) is 0 Å². The Balaban J connectivity index is 2.04. The first-order valence-corrected chi connectivity index (χ1v) is 7.70. The molecule has 20 heavy (non-hydrogen) atoms. The van der Waals surface area contributed by atoms with Crippen LogP contribution in [-0.2, 0) is 11.3 Å². The van der Waals surface area contributed by atoms with Crippen molar-refractivity contribution >= 4 is 17.3 Å². The summed E-state index contributed by atoms with van der Waals surface area (Å²) in [6, 6.07) is 6.37. The topological polar surface area (TPSA) is 24.5 Å². The van der Waals surface area contributed by atoms with Crippen molar-refractivity contribution < 1.29 is 4.74 Å². The molecular weight excluding hydrogens is 272 g/mol. The summed E-state index contributed by atoms with van der Waals surface area (Å²) < 4.78 is 5.49. The monoisotopic (exact) mass is 296 g/mol. The maximum atomic E-state index is 6.42. The van der Waals surface area contributed by atoms with Crippen LogP contribution >= 0.6 is 11.6 Å². The third-order valence-electron chi connectivity index (χ3n) is 3.43. The lowest BCUT2D eigenvalue weighted by Crippen LogP contribution is -2.35. The van der Waals surface area contributed by atoms with Gasteiger partial charge in [0.2, 0.25) is 0 Å². The van der Waals surface area contributed by atoms with Crippen LogP contribution in [0.15, 0.2) is 18.2 Å². The number of hydrogen-bond donors (Lipinski definition) is 1. The number of anilines is 1. The molecular formula is C16H25ClN2O. The molecule has 0 unspecified atom stereocenters. The van der Waals surface area contributed by atoms with E-state index in [2.05, 4.69) is 49.2 Å². The van der Waals surface area contributed by atoms with Crippen molar-refractivity contribution in [1.82, 2.24) is 5.32 Å². The van der Waals surface area contributed by atoms with Gasteiger partial charge in [0.25, 0.3) is 0 Å². The molecule has 3 nitrogen and oxygen atoms in total. The summed E-state index contributed by atoms with van der Waals surface area (Å²) in [4.78, 5) is 2.35. The number of halogens is 1. The molecule has 0 bridgehead atoms. The molecule has 0 spiro atoms. The van der Waals surface area contributed by atoms with E-state index >= 15 is 0 Å². The van der Waals surface area contributed by atoms with E-state index in [1.807, 2.05) is 0 Å². The van der Waals surface area contributed by atoms with Crippen LogP contribution in [0, 0.1) is 0 Å². The van der Waals surface area contributed by atoms with E-state index in [9.17, 15) is 0 Å². The number of nitrogens with zero attached hydrogens (tertiary/aromatic N) is 1. The van der Waals surface area contributed by atoms with Crippen LogP contribution in [0.25, 0.3) is 0 Å². The average molecular weight is 297 g/mol. The van der Waals surface area contributed by atoms with Gasteiger partial charge < -0.3 is 15.0 Å². The molecule has 0 saturated carbocycles. The Hall–Kier alpha value is -0.770. The minimum Gasteiger partial charge on any atom is -0.380 e. The average Bonchev–Trinajstić information content (AvgIpc) is 2.65. The Bertz CT molecular complexity index is 435. The van der Waals surface area contributed by atoms with Gasteiger partial charge in [-0.2, -0.15) is 0 Å². The molecule has 1 aliphatic heterocycles. The van der Waals surface area contributed by atoms with Crippen LogP contribution in [0.1, 0.15) is 32.8 Å². The highest BCUT2D eigenvalue weighted by Gasteiger charge is 2.13. The van der Waals surface area contributed by atoms with Crippen LogP contribution in [-0.4, -0.2) is 31.8 Å². The van der Waals surface area contributed by atoms with Gasteiger partial charge >= 0.3 is 0 Å². The van der Waals surface area contributed by atoms with Crippen LogP contribution in [0.3, 0.4) is 0 Å². The Labute approximate surface area is 127 Å². The quantitative estimate of drug-likeness (QED) is 0.924. The first-order chi connectivity index (χ1) is 9.46. The number of ether oxygens (including phenoxy) is 1. The fourth-order valence-corrected chi connectivity index (χ4v) is 2.48. The van der Waals surface area contributed by atoms with Gasteiger partial charge in [-0.3, -0.25) is 0 Å². The van der Waals surface area contributed by atoms with Gasteiger partial charge in [-0.1, -0.05) is 17.7 Å². The lowest BCUT2D eigenvalue weighted by Gasteiger charge is -2.24. The summed E-state index contributed by atoms with van der Waals surface area (Å²) >= 11 is 6.42. The van der Waals surface area contributed by atoms with Crippen molar-refractivity contribution in [1.29, 1.82) is 0 Å². The summed E-state index contributed by atoms with van der Waals surface area (Å²) in [5.41, 5.74) is 2.45. The predicted octanol–water partition coefficient (Wildman–Crippen LogP) is 3.45. The lowest BCUT2D eigenvalue weighted by molar-refractivity contribution is 0.152. The maximum absolute atomic E-state index is 6.42. The molecule has 1 aliphatic rings. The number of nitrogens with one attached hydrogen (secondary N) is 1. The minimum absolute atomic E-state index is 0.101. The summed E-state index contributed by atoms with van der Waals surface area (Å²) in [5, 5.41) is 4.31. The molecule has 1 saturated heterocycles. The van der Waals surface area contributed by atoms with E-state index in [0.717, 1.165) is 49.9 Å². The van der Waals surface area contributed by atoms with E-state index in [-0.39, 0.29) is 5.54 Å². The van der Waals surface area contributed by atoms with E-state index in [0.29, 0.717) is 0 Å². The zero-order valence-corrected chi connectivity index (χ0v) is 13.5. The zero-order chi connectivity index (χ0) is 14.6. The van der Waals surface area contributed by atoms with Crippen LogP contribution < -0.4 is 10.2 Å². The second-order valence-electron chi connectivity index (χ2n) is 6.33. The standard InChI is InChI=1S/C16H25ClN2O/c1-16(2,3)18-12-13-5-6-14(11-15(13)17)19-7-4-9-20-10-8-19/h5-6,11,18H,4,7-10,12H2,1-3H3. The number of benzene rings is 1. The van der Waals surface area contributed by atoms with E-state index < -0.39 is 0 Å². The van der Waals surface area contributed by atoms with E-state index in [1.54, 1.807) is 0 Å². The van der Waals surface area contributed by atoms with Crippen LogP contribution in [0.4, 0.5) is 5.69 Å². The smallest absolute Gasteiger partial charge is 0.0641 e. The summed E-state index contributed by atoms with van der Waals surface area (Å²) in [6.45, 7) is 10.9. The molecule has 0 aliphatic carbocycles. The normalized spacial score (nSPS) is 17.1. The number of hydrogen-bond acceptors (Lipinski definition) is 3. The summed E-state index contributed by atoms with van der Waals surface area (Å²) in [5.74, 6) is 0. The fourth-order valence-electron chi connectivity index (χ4n) is 2.24. The molecule has 1 fully saturated rings. The Kier molecular flexibility index (Phi) is 5.30. The SMILES string of the molecule is CC(C)(C)NCc1ccc(N2CCCOCC2)cc1Cl. The molecule has 0 amide bonds. The highest BCUT2D eigenvalue weighted by molar-refractivity contribution is 6.31. The molecule has 4 heteroatoms. The third kappa shape index (κ3) is 4.65. The Morgan fingerprint density at radius 3 is 2.75 bits per heavy atom. The molecule has 1 aromatic rings. The van der Waals surface area contributed by atoms with Crippen molar-refractivity contribution in [2.75, 3.05) is 31.2 Å². The van der Waals surface area contributed by atoms with Gasteiger partial charge in [-0.15, -0.1) is 0 Å². The highest BCUT2D eigenvalue weighted by Crippen LogP contribution is 2.25. The molecule has 1 heterocycles. The Morgan fingerprint density at radius 1 is 1.25 bits per heavy atom. The van der Waals surface area contributed by atoms with Crippen LogP contribution in [0.2, 0.25) is 5.02 Å². The summed E-state index contributed by atoms with van der Waals surface area (Å²) in [6.07, 6.45) is 1.07. The van der Waals surface area contributed by atoms with Crippen molar-refractivity contribution in [2.45, 2.75) is 39.3 Å². The van der Waals surface area contributed by atoms with Gasteiger partial charge in [-0.25, -0.2) is 0 Å². The number of rotatable bonds is 3. The van der Waals surface area contributed by atoms with Crippen molar-refractivity contribution in [3.05, 3.63) is 28.8 Å². The van der Waals surface area contributed by atoms with Gasteiger partial charge in [0, 0.05) is 42.5 Å². The van der Waals surface area contributed by atoms with Gasteiger partial charge in [-0.05, 0) is 44.9 Å². The highest BCUT2D eigenvalue weighted by atomic mass is 35.5. The largest absolute Gasteiger partial charge is 0.380 e. The summed E-state index contributed by atoms with van der Waals surface area (Å²) in [7, 11) is 0. The van der Waals surface area contributed by atoms with Crippen LogP contribution in [0.5, 0.6) is 0 Å². The third-order valence-corrected chi connectivity index (χ3v) is 3.79. The van der Waals surface area contributed by atoms with Gasteiger partial charge in [0.05, 0.1) is 6.61 Å². The van der Waals surface area contributed by atoms with E-state index in [1.165, 1.54) is 5.69 Å². The van der Waals surface area contributed by atoms with Crippen molar-refractivity contribution in [2.24, 2.45) is 0 Å². The van der Waals surface area contributed by atoms with Gasteiger partial charge in [0.1, 0.15) is 0 Å². The van der Waals surface area contributed by atoms with Crippen molar-refractivity contribution in [3.8, 4) is 0 Å². The first-order valence-electron chi connectivity index (χ1n) is 7.32. The Morgan fingerprint density at radius 2 is 2.05 bits per heavy atom. The molecule has 112 valence electrons. The lowest BCUT2D eigenvalue weighted by atomic mass is 10.1. The fraction of sp³-hybridized carbons (Fsp3) is 0.625. The molecule has 0 atom stereocenters.